The topological polar surface area (TPSA) is 29.9 Å². The normalized spacial score (nSPS) is 26.7. The molecule has 2 rings (SSSR count). The van der Waals surface area contributed by atoms with Gasteiger partial charge in [0, 0.05) is 18.8 Å². The van der Waals surface area contributed by atoms with Crippen LogP contribution in [0.4, 0.5) is 5.69 Å². The van der Waals surface area contributed by atoms with E-state index in [9.17, 15) is 0 Å². The lowest BCUT2D eigenvalue weighted by Crippen LogP contribution is -2.14. The smallest absolute Gasteiger partial charge is 0.0728 e. The Hall–Kier alpha value is -0.990. The molecule has 0 aliphatic heterocycles. The zero-order valence-electron chi connectivity index (χ0n) is 9.03. The van der Waals surface area contributed by atoms with Crippen molar-refractivity contribution in [2.45, 2.75) is 45.7 Å². The molecular weight excluding hydrogens is 174 g/mol. The van der Waals surface area contributed by atoms with Crippen LogP contribution in [0.5, 0.6) is 0 Å². The second-order valence-electron chi connectivity index (χ2n) is 4.34. The van der Waals surface area contributed by atoms with Crippen LogP contribution < -0.4 is 5.32 Å². The Kier molecular flexibility index (Phi) is 2.75. The Morgan fingerprint density at radius 1 is 1.57 bits per heavy atom. The van der Waals surface area contributed by atoms with Crippen molar-refractivity contribution < 1.29 is 0 Å². The van der Waals surface area contributed by atoms with Crippen LogP contribution in [-0.4, -0.2) is 15.8 Å². The standard InChI is InChI=1S/C11H19N3/c1-3-14-8-11(7-12-14)13-10-5-4-9(2)6-10/h7-10,13H,3-6H2,1-2H3. The molecule has 1 saturated carbocycles. The summed E-state index contributed by atoms with van der Waals surface area (Å²) >= 11 is 0. The molecule has 0 saturated heterocycles. The van der Waals surface area contributed by atoms with Crippen molar-refractivity contribution in [3.8, 4) is 0 Å². The maximum absolute atomic E-state index is 4.25. The first-order chi connectivity index (χ1) is 6.78. The van der Waals surface area contributed by atoms with E-state index in [-0.39, 0.29) is 0 Å². The van der Waals surface area contributed by atoms with Crippen molar-refractivity contribution >= 4 is 5.69 Å². The number of hydrogen-bond donors (Lipinski definition) is 1. The predicted octanol–water partition coefficient (Wildman–Crippen LogP) is 2.50. The van der Waals surface area contributed by atoms with Crippen molar-refractivity contribution in [1.82, 2.24) is 9.78 Å². The molecule has 1 aromatic heterocycles. The van der Waals surface area contributed by atoms with Crippen molar-refractivity contribution in [1.29, 1.82) is 0 Å². The molecule has 1 aliphatic rings. The highest BCUT2D eigenvalue weighted by Gasteiger charge is 2.21. The molecule has 0 bridgehead atoms. The summed E-state index contributed by atoms with van der Waals surface area (Å²) in [6.07, 6.45) is 7.98. The summed E-state index contributed by atoms with van der Waals surface area (Å²) in [5, 5.41) is 7.79. The fourth-order valence-electron chi connectivity index (χ4n) is 2.18. The van der Waals surface area contributed by atoms with Gasteiger partial charge in [0.15, 0.2) is 0 Å². The minimum Gasteiger partial charge on any atom is -0.380 e. The minimum absolute atomic E-state index is 0.666. The summed E-state index contributed by atoms with van der Waals surface area (Å²) in [6.45, 7) is 5.38. The maximum Gasteiger partial charge on any atom is 0.0728 e. The fourth-order valence-corrected chi connectivity index (χ4v) is 2.18. The Bertz CT molecular complexity index is 292. The van der Waals surface area contributed by atoms with E-state index >= 15 is 0 Å². The van der Waals surface area contributed by atoms with Crippen molar-refractivity contribution in [3.63, 3.8) is 0 Å². The van der Waals surface area contributed by atoms with Crippen LogP contribution in [-0.2, 0) is 6.54 Å². The molecule has 2 unspecified atom stereocenters. The maximum atomic E-state index is 4.25. The molecule has 1 aliphatic carbocycles. The van der Waals surface area contributed by atoms with E-state index in [0.717, 1.165) is 12.5 Å². The third-order valence-electron chi connectivity index (χ3n) is 3.02. The molecule has 2 atom stereocenters. The van der Waals surface area contributed by atoms with Crippen LogP contribution in [0.2, 0.25) is 0 Å². The van der Waals surface area contributed by atoms with Gasteiger partial charge in [0.1, 0.15) is 0 Å². The molecule has 78 valence electrons. The minimum atomic E-state index is 0.666. The van der Waals surface area contributed by atoms with Gasteiger partial charge in [-0.05, 0) is 32.1 Å². The molecule has 1 N–H and O–H groups in total. The molecule has 1 heterocycles. The van der Waals surface area contributed by atoms with Gasteiger partial charge in [-0.3, -0.25) is 4.68 Å². The highest BCUT2D eigenvalue weighted by atomic mass is 15.3. The highest BCUT2D eigenvalue weighted by molar-refractivity contribution is 5.39. The van der Waals surface area contributed by atoms with Gasteiger partial charge in [-0.1, -0.05) is 6.92 Å². The largest absolute Gasteiger partial charge is 0.380 e. The van der Waals surface area contributed by atoms with Gasteiger partial charge in [0.05, 0.1) is 11.9 Å². The summed E-state index contributed by atoms with van der Waals surface area (Å²) in [6, 6.07) is 0.666. The van der Waals surface area contributed by atoms with E-state index in [1.165, 1.54) is 24.9 Å². The summed E-state index contributed by atoms with van der Waals surface area (Å²) in [4.78, 5) is 0. The highest BCUT2D eigenvalue weighted by Crippen LogP contribution is 2.27. The lowest BCUT2D eigenvalue weighted by Gasteiger charge is -2.11. The second-order valence-corrected chi connectivity index (χ2v) is 4.34. The third kappa shape index (κ3) is 2.08. The number of nitrogens with one attached hydrogen (secondary N) is 1. The molecule has 1 fully saturated rings. The van der Waals surface area contributed by atoms with Crippen LogP contribution in [0.15, 0.2) is 12.4 Å². The molecule has 3 heteroatoms. The van der Waals surface area contributed by atoms with E-state index in [1.54, 1.807) is 0 Å². The zero-order valence-corrected chi connectivity index (χ0v) is 9.03. The molecule has 0 spiro atoms. The summed E-state index contributed by atoms with van der Waals surface area (Å²) in [5.41, 5.74) is 1.17. The van der Waals surface area contributed by atoms with Crippen molar-refractivity contribution in [2.75, 3.05) is 5.32 Å². The number of aryl methyl sites for hydroxylation is 1. The molecule has 14 heavy (non-hydrogen) atoms. The molecule has 3 nitrogen and oxygen atoms in total. The molecule has 0 radical (unpaired) electrons. The lowest BCUT2D eigenvalue weighted by atomic mass is 10.1. The van der Waals surface area contributed by atoms with Crippen molar-refractivity contribution in [3.05, 3.63) is 12.4 Å². The average Bonchev–Trinajstić information content (AvgIpc) is 2.76. The number of anilines is 1. The summed E-state index contributed by atoms with van der Waals surface area (Å²) < 4.78 is 1.96. The number of aromatic nitrogens is 2. The van der Waals surface area contributed by atoms with Crippen LogP contribution in [0.3, 0.4) is 0 Å². The van der Waals surface area contributed by atoms with E-state index in [0.29, 0.717) is 6.04 Å². The van der Waals surface area contributed by atoms with Crippen LogP contribution in [0, 0.1) is 5.92 Å². The summed E-state index contributed by atoms with van der Waals surface area (Å²) in [7, 11) is 0. The Balaban J connectivity index is 1.90. The monoisotopic (exact) mass is 193 g/mol. The second kappa shape index (κ2) is 4.03. The fraction of sp³-hybridized carbons (Fsp3) is 0.727. The van der Waals surface area contributed by atoms with E-state index < -0.39 is 0 Å². The Morgan fingerprint density at radius 3 is 3.00 bits per heavy atom. The molecule has 0 amide bonds. The van der Waals surface area contributed by atoms with E-state index in [1.807, 2.05) is 10.9 Å². The quantitative estimate of drug-likeness (QED) is 0.799. The van der Waals surface area contributed by atoms with Crippen LogP contribution in [0.25, 0.3) is 0 Å². The van der Waals surface area contributed by atoms with Gasteiger partial charge < -0.3 is 5.32 Å². The van der Waals surface area contributed by atoms with Crippen LogP contribution >= 0.6 is 0 Å². The van der Waals surface area contributed by atoms with Gasteiger partial charge in [-0.25, -0.2) is 0 Å². The SMILES string of the molecule is CCn1cc(NC2CCC(C)C2)cn1. The lowest BCUT2D eigenvalue weighted by molar-refractivity contribution is 0.602. The average molecular weight is 193 g/mol. The number of nitrogens with zero attached hydrogens (tertiary/aromatic N) is 2. The van der Waals surface area contributed by atoms with Crippen LogP contribution in [0.1, 0.15) is 33.1 Å². The first kappa shape index (κ1) is 9.56. The first-order valence-electron chi connectivity index (χ1n) is 5.57. The molecule has 1 aromatic rings. The molecule has 0 aromatic carbocycles. The van der Waals surface area contributed by atoms with Gasteiger partial charge in [0.25, 0.3) is 0 Å². The van der Waals surface area contributed by atoms with Gasteiger partial charge in [-0.2, -0.15) is 5.10 Å². The predicted molar refractivity (Wildman–Crippen MR) is 58.3 cm³/mol. The number of hydrogen-bond acceptors (Lipinski definition) is 2. The zero-order chi connectivity index (χ0) is 9.97. The van der Waals surface area contributed by atoms with Gasteiger partial charge >= 0.3 is 0 Å². The number of rotatable bonds is 3. The Morgan fingerprint density at radius 2 is 2.43 bits per heavy atom. The van der Waals surface area contributed by atoms with Gasteiger partial charge in [-0.15, -0.1) is 0 Å². The third-order valence-corrected chi connectivity index (χ3v) is 3.02. The Labute approximate surface area is 85.5 Å². The van der Waals surface area contributed by atoms with E-state index in [4.69, 9.17) is 0 Å². The first-order valence-corrected chi connectivity index (χ1v) is 5.57. The van der Waals surface area contributed by atoms with E-state index in [2.05, 4.69) is 30.5 Å². The van der Waals surface area contributed by atoms with Gasteiger partial charge in [0.2, 0.25) is 0 Å². The molecular formula is C11H19N3. The summed E-state index contributed by atoms with van der Waals surface area (Å²) in [5.74, 6) is 0.883. The van der Waals surface area contributed by atoms with Crippen molar-refractivity contribution in [2.24, 2.45) is 5.92 Å².